The Balaban J connectivity index is 2.18. The van der Waals surface area contributed by atoms with Crippen LogP contribution in [0.3, 0.4) is 0 Å². The molecule has 0 aliphatic carbocycles. The van der Waals surface area contributed by atoms with Gasteiger partial charge in [0.05, 0.1) is 6.54 Å². The number of hydrogen-bond donors (Lipinski definition) is 0. The van der Waals surface area contributed by atoms with Crippen LogP contribution in [0.4, 0.5) is 0 Å². The van der Waals surface area contributed by atoms with Crippen molar-refractivity contribution in [2.45, 2.75) is 32.9 Å². The van der Waals surface area contributed by atoms with Crippen LogP contribution < -0.4 is 0 Å². The Bertz CT molecular complexity index is 353. The zero-order valence-electron chi connectivity index (χ0n) is 9.48. The molecule has 0 spiro atoms. The van der Waals surface area contributed by atoms with Gasteiger partial charge in [0, 0.05) is 25.6 Å². The maximum atomic E-state index is 4.25. The average Bonchev–Trinajstić information content (AvgIpc) is 2.61. The van der Waals surface area contributed by atoms with Crippen molar-refractivity contribution in [3.63, 3.8) is 0 Å². The summed E-state index contributed by atoms with van der Waals surface area (Å²) in [7, 11) is 0. The van der Waals surface area contributed by atoms with E-state index in [1.807, 2.05) is 6.08 Å². The molecular formula is C11H18N4. The normalized spacial score (nSPS) is 16.7. The van der Waals surface area contributed by atoms with Gasteiger partial charge < -0.3 is 4.57 Å². The summed E-state index contributed by atoms with van der Waals surface area (Å²) in [5, 5.41) is 8.50. The van der Waals surface area contributed by atoms with Crippen LogP contribution in [0.1, 0.15) is 31.4 Å². The fraction of sp³-hybridized carbons (Fsp3) is 0.636. The predicted molar refractivity (Wildman–Crippen MR) is 59.6 cm³/mol. The summed E-state index contributed by atoms with van der Waals surface area (Å²) in [6.07, 6.45) is 1.94. The Labute approximate surface area is 90.6 Å². The van der Waals surface area contributed by atoms with Gasteiger partial charge >= 0.3 is 0 Å². The molecule has 1 aromatic rings. The van der Waals surface area contributed by atoms with E-state index in [2.05, 4.69) is 40.1 Å². The van der Waals surface area contributed by atoms with Gasteiger partial charge in [0.1, 0.15) is 11.6 Å². The second-order valence-electron chi connectivity index (χ2n) is 4.30. The van der Waals surface area contributed by atoms with E-state index >= 15 is 0 Å². The Morgan fingerprint density at radius 1 is 1.40 bits per heavy atom. The Morgan fingerprint density at radius 2 is 2.20 bits per heavy atom. The first-order valence-corrected chi connectivity index (χ1v) is 5.47. The smallest absolute Gasteiger partial charge is 0.147 e. The maximum absolute atomic E-state index is 4.25. The lowest BCUT2D eigenvalue weighted by atomic mass is 10.2. The molecule has 0 radical (unpaired) electrons. The molecule has 0 atom stereocenters. The summed E-state index contributed by atoms with van der Waals surface area (Å²) in [4.78, 5) is 2.33. The van der Waals surface area contributed by atoms with Gasteiger partial charge in [-0.2, -0.15) is 0 Å². The highest BCUT2D eigenvalue weighted by atomic mass is 15.3. The standard InChI is InChI=1S/C11H18N4/c1-4-5-14-6-7-15-10(8-14)12-13-11(15)9(2)3/h4,9H,1,5-8H2,2-3H3. The Kier molecular flexibility index (Phi) is 2.86. The summed E-state index contributed by atoms with van der Waals surface area (Å²) in [5.74, 6) is 2.66. The Morgan fingerprint density at radius 3 is 2.87 bits per heavy atom. The van der Waals surface area contributed by atoms with E-state index < -0.39 is 0 Å². The molecule has 0 N–H and O–H groups in total. The largest absolute Gasteiger partial charge is 0.312 e. The number of rotatable bonds is 3. The molecule has 0 unspecified atom stereocenters. The van der Waals surface area contributed by atoms with Crippen molar-refractivity contribution in [2.75, 3.05) is 13.1 Å². The monoisotopic (exact) mass is 206 g/mol. The molecule has 0 saturated heterocycles. The van der Waals surface area contributed by atoms with Crippen LogP contribution in [-0.4, -0.2) is 32.8 Å². The summed E-state index contributed by atoms with van der Waals surface area (Å²) in [6, 6.07) is 0. The van der Waals surface area contributed by atoms with Gasteiger partial charge in [-0.3, -0.25) is 4.90 Å². The van der Waals surface area contributed by atoms with Crippen molar-refractivity contribution < 1.29 is 0 Å². The van der Waals surface area contributed by atoms with Crippen LogP contribution in [0.25, 0.3) is 0 Å². The fourth-order valence-electron chi connectivity index (χ4n) is 2.00. The fourth-order valence-corrected chi connectivity index (χ4v) is 2.00. The molecule has 82 valence electrons. The van der Waals surface area contributed by atoms with Gasteiger partial charge in [-0.25, -0.2) is 0 Å². The molecule has 0 bridgehead atoms. The van der Waals surface area contributed by atoms with E-state index in [-0.39, 0.29) is 0 Å². The molecule has 15 heavy (non-hydrogen) atoms. The van der Waals surface area contributed by atoms with Crippen LogP contribution in [0.2, 0.25) is 0 Å². The molecule has 1 aliphatic heterocycles. The van der Waals surface area contributed by atoms with Crippen LogP contribution in [0.5, 0.6) is 0 Å². The molecule has 0 amide bonds. The highest BCUT2D eigenvalue weighted by Gasteiger charge is 2.21. The van der Waals surface area contributed by atoms with Crippen LogP contribution in [0.15, 0.2) is 12.7 Å². The van der Waals surface area contributed by atoms with E-state index in [1.54, 1.807) is 0 Å². The molecule has 1 aromatic heterocycles. The van der Waals surface area contributed by atoms with Gasteiger partial charge in [-0.15, -0.1) is 16.8 Å². The van der Waals surface area contributed by atoms with E-state index in [1.165, 1.54) is 0 Å². The molecule has 2 heterocycles. The molecule has 1 aliphatic rings. The molecule has 4 heteroatoms. The first-order valence-electron chi connectivity index (χ1n) is 5.47. The van der Waals surface area contributed by atoms with Crippen molar-refractivity contribution in [3.8, 4) is 0 Å². The van der Waals surface area contributed by atoms with Crippen LogP contribution >= 0.6 is 0 Å². The number of nitrogens with zero attached hydrogens (tertiary/aromatic N) is 4. The summed E-state index contributed by atoms with van der Waals surface area (Å²) < 4.78 is 2.25. The second kappa shape index (κ2) is 4.14. The van der Waals surface area contributed by atoms with Gasteiger partial charge in [0.25, 0.3) is 0 Å². The third-order valence-corrected chi connectivity index (χ3v) is 2.76. The first kappa shape index (κ1) is 10.4. The second-order valence-corrected chi connectivity index (χ2v) is 4.30. The quantitative estimate of drug-likeness (QED) is 0.701. The minimum Gasteiger partial charge on any atom is -0.312 e. The van der Waals surface area contributed by atoms with E-state index in [9.17, 15) is 0 Å². The lowest BCUT2D eigenvalue weighted by molar-refractivity contribution is 0.237. The molecular weight excluding hydrogens is 188 g/mol. The lowest BCUT2D eigenvalue weighted by Crippen LogP contribution is -2.34. The molecule has 0 aromatic carbocycles. The van der Waals surface area contributed by atoms with Crippen molar-refractivity contribution >= 4 is 0 Å². The minimum absolute atomic E-state index is 0.456. The molecule has 2 rings (SSSR count). The number of aromatic nitrogens is 3. The van der Waals surface area contributed by atoms with Crippen molar-refractivity contribution in [2.24, 2.45) is 0 Å². The van der Waals surface area contributed by atoms with Crippen LogP contribution in [0, 0.1) is 0 Å². The summed E-state index contributed by atoms with van der Waals surface area (Å²) in [5.41, 5.74) is 0. The molecule has 4 nitrogen and oxygen atoms in total. The van der Waals surface area contributed by atoms with Crippen molar-refractivity contribution in [3.05, 3.63) is 24.3 Å². The average molecular weight is 206 g/mol. The third-order valence-electron chi connectivity index (χ3n) is 2.76. The van der Waals surface area contributed by atoms with Crippen LogP contribution in [-0.2, 0) is 13.1 Å². The zero-order chi connectivity index (χ0) is 10.8. The molecule has 0 saturated carbocycles. The van der Waals surface area contributed by atoms with E-state index in [0.717, 1.165) is 37.8 Å². The predicted octanol–water partition coefficient (Wildman–Crippen LogP) is 1.40. The Hall–Kier alpha value is -1.16. The third kappa shape index (κ3) is 1.95. The van der Waals surface area contributed by atoms with Gasteiger partial charge in [0.2, 0.25) is 0 Å². The highest BCUT2D eigenvalue weighted by Crippen LogP contribution is 2.17. The minimum atomic E-state index is 0.456. The van der Waals surface area contributed by atoms with E-state index in [0.29, 0.717) is 5.92 Å². The topological polar surface area (TPSA) is 34.0 Å². The summed E-state index contributed by atoms with van der Waals surface area (Å²) >= 11 is 0. The first-order chi connectivity index (χ1) is 7.22. The number of fused-ring (bicyclic) bond motifs is 1. The van der Waals surface area contributed by atoms with Gasteiger partial charge in [0.15, 0.2) is 0 Å². The van der Waals surface area contributed by atoms with Gasteiger partial charge in [-0.1, -0.05) is 19.9 Å². The lowest BCUT2D eigenvalue weighted by Gasteiger charge is -2.26. The van der Waals surface area contributed by atoms with Gasteiger partial charge in [-0.05, 0) is 0 Å². The summed E-state index contributed by atoms with van der Waals surface area (Å²) in [6.45, 7) is 12.0. The SMILES string of the molecule is C=CCN1CCn2c(nnc2C(C)C)C1. The number of hydrogen-bond acceptors (Lipinski definition) is 3. The van der Waals surface area contributed by atoms with Crippen molar-refractivity contribution in [1.29, 1.82) is 0 Å². The molecule has 0 fully saturated rings. The van der Waals surface area contributed by atoms with Crippen molar-refractivity contribution in [1.82, 2.24) is 19.7 Å². The zero-order valence-corrected chi connectivity index (χ0v) is 9.48. The maximum Gasteiger partial charge on any atom is 0.147 e. The van der Waals surface area contributed by atoms with E-state index in [4.69, 9.17) is 0 Å². The highest BCUT2D eigenvalue weighted by molar-refractivity contribution is 5.02.